The molecule has 0 saturated heterocycles. The van der Waals surface area contributed by atoms with Gasteiger partial charge in [0, 0.05) is 17.1 Å². The molecule has 1 aromatic rings. The highest BCUT2D eigenvalue weighted by atomic mass is 35.5. The number of rotatable bonds is 6. The molecule has 1 aromatic carbocycles. The Bertz CT molecular complexity index is 618. The quantitative estimate of drug-likeness (QED) is 0.755. The van der Waals surface area contributed by atoms with E-state index in [0.717, 1.165) is 25.7 Å². The van der Waals surface area contributed by atoms with Gasteiger partial charge in [-0.05, 0) is 43.0 Å². The topological polar surface area (TPSA) is 84.5 Å². The molecule has 0 aliphatic heterocycles. The van der Waals surface area contributed by atoms with Crippen molar-refractivity contribution in [3.63, 3.8) is 0 Å². The zero-order chi connectivity index (χ0) is 18.2. The van der Waals surface area contributed by atoms with Crippen molar-refractivity contribution in [1.29, 1.82) is 0 Å². The molecule has 7 heteroatoms. The number of nitrogens with one attached hydrogen (secondary N) is 2. The highest BCUT2D eigenvalue weighted by molar-refractivity contribution is 6.30. The summed E-state index contributed by atoms with van der Waals surface area (Å²) in [6, 6.07) is 6.43. The monoisotopic (exact) mass is 366 g/mol. The summed E-state index contributed by atoms with van der Waals surface area (Å²) in [4.78, 5) is 35.7. The lowest BCUT2D eigenvalue weighted by Crippen LogP contribution is -2.42. The molecule has 6 nitrogen and oxygen atoms in total. The Kier molecular flexibility index (Phi) is 7.25. The van der Waals surface area contributed by atoms with E-state index in [9.17, 15) is 14.4 Å². The van der Waals surface area contributed by atoms with E-state index >= 15 is 0 Å². The number of esters is 1. The highest BCUT2D eigenvalue weighted by Crippen LogP contribution is 2.30. The maximum Gasteiger partial charge on any atom is 0.309 e. The summed E-state index contributed by atoms with van der Waals surface area (Å²) in [5, 5.41) is 5.90. The van der Waals surface area contributed by atoms with Crippen molar-refractivity contribution in [3.05, 3.63) is 34.9 Å². The van der Waals surface area contributed by atoms with Crippen LogP contribution in [0.4, 0.5) is 0 Å². The first-order chi connectivity index (χ1) is 12.0. The highest BCUT2D eigenvalue weighted by Gasteiger charge is 2.31. The molecule has 25 heavy (non-hydrogen) atoms. The molecule has 2 N–H and O–H groups in total. The first kappa shape index (κ1) is 19.2. The molecule has 0 aromatic heterocycles. The minimum Gasteiger partial charge on any atom is -0.469 e. The van der Waals surface area contributed by atoms with Gasteiger partial charge in [-0.1, -0.05) is 24.4 Å². The van der Waals surface area contributed by atoms with Crippen LogP contribution in [-0.4, -0.2) is 38.0 Å². The fraction of sp³-hybridized carbons (Fsp3) is 0.500. The first-order valence-corrected chi connectivity index (χ1v) is 8.77. The van der Waals surface area contributed by atoms with Crippen LogP contribution in [0.15, 0.2) is 24.3 Å². The van der Waals surface area contributed by atoms with Crippen LogP contribution in [0, 0.1) is 11.8 Å². The van der Waals surface area contributed by atoms with Crippen molar-refractivity contribution in [3.8, 4) is 0 Å². The second-order valence-corrected chi connectivity index (χ2v) is 6.60. The van der Waals surface area contributed by atoms with Crippen molar-refractivity contribution < 1.29 is 19.1 Å². The van der Waals surface area contributed by atoms with Gasteiger partial charge < -0.3 is 15.4 Å². The summed E-state index contributed by atoms with van der Waals surface area (Å²) in [6.45, 7) is 0.298. The van der Waals surface area contributed by atoms with E-state index in [4.69, 9.17) is 16.3 Å². The van der Waals surface area contributed by atoms with Crippen LogP contribution in [0.5, 0.6) is 0 Å². The third kappa shape index (κ3) is 5.74. The van der Waals surface area contributed by atoms with Gasteiger partial charge in [0.2, 0.25) is 5.91 Å². The van der Waals surface area contributed by atoms with Crippen molar-refractivity contribution in [1.82, 2.24) is 10.6 Å². The average molecular weight is 367 g/mol. The van der Waals surface area contributed by atoms with E-state index in [0.29, 0.717) is 17.1 Å². The molecule has 2 rings (SSSR count). The van der Waals surface area contributed by atoms with Gasteiger partial charge in [-0.15, -0.1) is 0 Å². The van der Waals surface area contributed by atoms with Crippen LogP contribution in [0.25, 0.3) is 0 Å². The summed E-state index contributed by atoms with van der Waals surface area (Å²) in [5.74, 6) is -0.914. The minimum absolute atomic E-state index is 0.0807. The van der Waals surface area contributed by atoms with Gasteiger partial charge in [0.05, 0.1) is 19.6 Å². The number of ether oxygens (including phenoxy) is 1. The van der Waals surface area contributed by atoms with E-state index in [1.165, 1.54) is 7.11 Å². The third-order valence-electron chi connectivity index (χ3n) is 4.49. The summed E-state index contributed by atoms with van der Waals surface area (Å²) >= 11 is 5.77. The van der Waals surface area contributed by atoms with Gasteiger partial charge >= 0.3 is 5.97 Å². The maximum absolute atomic E-state index is 12.0. The zero-order valence-electron chi connectivity index (χ0n) is 14.2. The van der Waals surface area contributed by atoms with E-state index in [1.54, 1.807) is 24.3 Å². The van der Waals surface area contributed by atoms with Gasteiger partial charge in [-0.2, -0.15) is 0 Å². The maximum atomic E-state index is 12.0. The first-order valence-electron chi connectivity index (χ1n) is 8.39. The fourth-order valence-corrected chi connectivity index (χ4v) is 3.21. The SMILES string of the molecule is COC(=O)C1CCCCC1CNC(=O)CNC(=O)c1ccc(Cl)cc1. The zero-order valence-corrected chi connectivity index (χ0v) is 15.0. The Morgan fingerprint density at radius 1 is 1.12 bits per heavy atom. The van der Waals surface area contributed by atoms with Crippen molar-refractivity contribution >= 4 is 29.4 Å². The molecule has 0 heterocycles. The van der Waals surface area contributed by atoms with Crippen LogP contribution in [0.1, 0.15) is 36.0 Å². The molecule has 0 spiro atoms. The molecule has 1 aliphatic rings. The lowest BCUT2D eigenvalue weighted by molar-refractivity contribution is -0.148. The van der Waals surface area contributed by atoms with Crippen LogP contribution < -0.4 is 10.6 Å². The molecular weight excluding hydrogens is 344 g/mol. The second-order valence-electron chi connectivity index (χ2n) is 6.17. The predicted molar refractivity (Wildman–Crippen MR) is 94.3 cm³/mol. The standard InChI is InChI=1S/C18H23ClN2O4/c1-25-18(24)15-5-3-2-4-13(15)10-20-16(22)11-21-17(23)12-6-8-14(19)9-7-12/h6-9,13,15H,2-5,10-11H2,1H3,(H,20,22)(H,21,23). The summed E-state index contributed by atoms with van der Waals surface area (Å²) in [6.07, 6.45) is 3.72. The van der Waals surface area contributed by atoms with E-state index in [1.807, 2.05) is 0 Å². The minimum atomic E-state index is -0.336. The number of amides is 2. The van der Waals surface area contributed by atoms with Crippen molar-refractivity contribution in [2.75, 3.05) is 20.2 Å². The lowest BCUT2D eigenvalue weighted by atomic mass is 9.79. The van der Waals surface area contributed by atoms with Gasteiger partial charge in [0.25, 0.3) is 5.91 Å². The molecule has 2 atom stereocenters. The number of hydrogen-bond acceptors (Lipinski definition) is 4. The van der Waals surface area contributed by atoms with E-state index in [2.05, 4.69) is 10.6 Å². The average Bonchev–Trinajstić information content (AvgIpc) is 2.64. The molecule has 2 unspecified atom stereocenters. The Morgan fingerprint density at radius 2 is 1.80 bits per heavy atom. The Morgan fingerprint density at radius 3 is 2.48 bits per heavy atom. The number of benzene rings is 1. The van der Waals surface area contributed by atoms with Crippen LogP contribution in [-0.2, 0) is 14.3 Å². The molecule has 2 amide bonds. The lowest BCUT2D eigenvalue weighted by Gasteiger charge is -2.29. The van der Waals surface area contributed by atoms with Crippen molar-refractivity contribution in [2.24, 2.45) is 11.8 Å². The Balaban J connectivity index is 1.77. The molecule has 1 fully saturated rings. The number of carbonyl (C=O) groups is 3. The van der Waals surface area contributed by atoms with Crippen LogP contribution >= 0.6 is 11.6 Å². The van der Waals surface area contributed by atoms with Gasteiger partial charge in [-0.3, -0.25) is 14.4 Å². The van der Waals surface area contributed by atoms with E-state index in [-0.39, 0.29) is 36.2 Å². The molecule has 0 bridgehead atoms. The number of carbonyl (C=O) groups excluding carboxylic acids is 3. The van der Waals surface area contributed by atoms with Crippen molar-refractivity contribution in [2.45, 2.75) is 25.7 Å². The number of methoxy groups -OCH3 is 1. The Hall–Kier alpha value is -2.08. The third-order valence-corrected chi connectivity index (χ3v) is 4.74. The Labute approximate surface area is 152 Å². The molecule has 0 radical (unpaired) electrons. The van der Waals surface area contributed by atoms with E-state index < -0.39 is 0 Å². The van der Waals surface area contributed by atoms with Crippen LogP contribution in [0.3, 0.4) is 0 Å². The number of halogens is 1. The molecular formula is C18H23ClN2O4. The second kappa shape index (κ2) is 9.42. The summed E-state index contributed by atoms with van der Waals surface area (Å²) in [7, 11) is 1.39. The summed E-state index contributed by atoms with van der Waals surface area (Å²) in [5.41, 5.74) is 0.440. The fourth-order valence-electron chi connectivity index (χ4n) is 3.08. The largest absolute Gasteiger partial charge is 0.469 e. The van der Waals surface area contributed by atoms with Gasteiger partial charge in [-0.25, -0.2) is 0 Å². The normalized spacial score (nSPS) is 19.8. The van der Waals surface area contributed by atoms with Gasteiger partial charge in [0.15, 0.2) is 0 Å². The number of hydrogen-bond donors (Lipinski definition) is 2. The van der Waals surface area contributed by atoms with Crippen LogP contribution in [0.2, 0.25) is 5.02 Å². The predicted octanol–water partition coefficient (Wildman–Crippen LogP) is 2.17. The molecule has 1 aliphatic carbocycles. The molecule has 136 valence electrons. The summed E-state index contributed by atoms with van der Waals surface area (Å²) < 4.78 is 4.85. The van der Waals surface area contributed by atoms with Gasteiger partial charge in [0.1, 0.15) is 0 Å². The smallest absolute Gasteiger partial charge is 0.309 e. The molecule has 1 saturated carbocycles.